The van der Waals surface area contributed by atoms with Crippen LogP contribution in [0.4, 0.5) is 5.82 Å². The van der Waals surface area contributed by atoms with E-state index in [-0.39, 0.29) is 29.1 Å². The number of nitrogens with one attached hydrogen (secondary N) is 1. The minimum Gasteiger partial charge on any atom is -0.342 e. The predicted octanol–water partition coefficient (Wildman–Crippen LogP) is 3.15. The van der Waals surface area contributed by atoms with E-state index in [1.165, 1.54) is 0 Å². The van der Waals surface area contributed by atoms with Crippen molar-refractivity contribution in [3.05, 3.63) is 36.2 Å². The third-order valence-corrected chi connectivity index (χ3v) is 5.63. The van der Waals surface area contributed by atoms with E-state index in [0.29, 0.717) is 18.2 Å². The van der Waals surface area contributed by atoms with E-state index >= 15 is 0 Å². The van der Waals surface area contributed by atoms with Gasteiger partial charge in [-0.15, -0.1) is 0 Å². The summed E-state index contributed by atoms with van der Waals surface area (Å²) in [6, 6.07) is 7.53. The third kappa shape index (κ3) is 4.33. The number of carbonyl (C=O) groups excluding carboxylic acids is 2. The standard InChI is InChI=1S/C22H29N5O2/c1-22(2,3)17-13-19(27(25-17)18-8-4-5-11-23-18)24-20(28)16-7-6-12-26(14-16)21(29)15-9-10-15/h4-5,8,11,13,15-16H,6-7,9-10,12,14H2,1-3H3,(H,24,28). The van der Waals surface area contributed by atoms with Crippen LogP contribution in [-0.4, -0.2) is 44.6 Å². The molecule has 1 saturated heterocycles. The van der Waals surface area contributed by atoms with Crippen LogP contribution in [0.2, 0.25) is 0 Å². The number of piperidine rings is 1. The van der Waals surface area contributed by atoms with E-state index in [4.69, 9.17) is 5.10 Å². The van der Waals surface area contributed by atoms with Crippen LogP contribution in [0.25, 0.3) is 5.82 Å². The van der Waals surface area contributed by atoms with Crippen molar-refractivity contribution in [3.63, 3.8) is 0 Å². The Labute approximate surface area is 171 Å². The Hall–Kier alpha value is -2.70. The normalized spacial score (nSPS) is 19.8. The molecule has 2 aliphatic rings. The number of anilines is 1. The first-order chi connectivity index (χ1) is 13.8. The van der Waals surface area contributed by atoms with E-state index < -0.39 is 0 Å². The molecule has 1 aliphatic heterocycles. The molecule has 2 aromatic rings. The van der Waals surface area contributed by atoms with Gasteiger partial charge in [-0.2, -0.15) is 9.78 Å². The second kappa shape index (κ2) is 7.61. The van der Waals surface area contributed by atoms with Crippen LogP contribution in [0, 0.1) is 11.8 Å². The van der Waals surface area contributed by atoms with Crippen LogP contribution >= 0.6 is 0 Å². The van der Waals surface area contributed by atoms with Gasteiger partial charge in [-0.05, 0) is 37.8 Å². The van der Waals surface area contributed by atoms with Crippen LogP contribution in [0.15, 0.2) is 30.5 Å². The molecule has 1 aliphatic carbocycles. The minimum atomic E-state index is -0.198. The summed E-state index contributed by atoms with van der Waals surface area (Å²) >= 11 is 0. The topological polar surface area (TPSA) is 80.1 Å². The summed E-state index contributed by atoms with van der Waals surface area (Å²) in [5.74, 6) is 1.43. The molecule has 7 nitrogen and oxygen atoms in total. The fraction of sp³-hybridized carbons (Fsp3) is 0.545. The van der Waals surface area contributed by atoms with Crippen LogP contribution in [0.1, 0.15) is 52.1 Å². The SMILES string of the molecule is CC(C)(C)c1cc(NC(=O)C2CCCN(C(=O)C3CC3)C2)n(-c2ccccn2)n1. The van der Waals surface area contributed by atoms with Gasteiger partial charge in [-0.25, -0.2) is 4.98 Å². The molecule has 2 fully saturated rings. The molecule has 29 heavy (non-hydrogen) atoms. The summed E-state index contributed by atoms with van der Waals surface area (Å²) in [5, 5.41) is 7.76. The predicted molar refractivity (Wildman–Crippen MR) is 111 cm³/mol. The van der Waals surface area contributed by atoms with Crippen molar-refractivity contribution in [1.82, 2.24) is 19.7 Å². The number of nitrogens with zero attached hydrogens (tertiary/aromatic N) is 4. The highest BCUT2D eigenvalue weighted by atomic mass is 16.2. The maximum Gasteiger partial charge on any atom is 0.230 e. The zero-order chi connectivity index (χ0) is 20.6. The van der Waals surface area contributed by atoms with Crippen molar-refractivity contribution in [2.45, 2.75) is 51.9 Å². The van der Waals surface area contributed by atoms with Crippen molar-refractivity contribution in [2.75, 3.05) is 18.4 Å². The van der Waals surface area contributed by atoms with Gasteiger partial charge in [0.1, 0.15) is 5.82 Å². The van der Waals surface area contributed by atoms with Gasteiger partial charge in [0.15, 0.2) is 5.82 Å². The van der Waals surface area contributed by atoms with Crippen molar-refractivity contribution in [3.8, 4) is 5.82 Å². The van der Waals surface area contributed by atoms with Gasteiger partial charge in [-0.3, -0.25) is 9.59 Å². The van der Waals surface area contributed by atoms with E-state index in [9.17, 15) is 9.59 Å². The Kier molecular flexibility index (Phi) is 5.15. The van der Waals surface area contributed by atoms with Gasteiger partial charge in [0.05, 0.1) is 11.6 Å². The molecule has 3 heterocycles. The number of rotatable bonds is 4. The van der Waals surface area contributed by atoms with Crippen molar-refractivity contribution < 1.29 is 9.59 Å². The van der Waals surface area contributed by atoms with E-state index in [1.807, 2.05) is 29.2 Å². The van der Waals surface area contributed by atoms with Crippen molar-refractivity contribution >= 4 is 17.6 Å². The number of aromatic nitrogens is 3. The highest BCUT2D eigenvalue weighted by Crippen LogP contribution is 2.33. The number of carbonyl (C=O) groups is 2. The first-order valence-corrected chi connectivity index (χ1v) is 10.4. The molecule has 154 valence electrons. The summed E-state index contributed by atoms with van der Waals surface area (Å²) in [6.07, 6.45) is 5.35. The largest absolute Gasteiger partial charge is 0.342 e. The molecular weight excluding hydrogens is 366 g/mol. The van der Waals surface area contributed by atoms with Crippen molar-refractivity contribution in [1.29, 1.82) is 0 Å². The number of hydrogen-bond donors (Lipinski definition) is 1. The number of amides is 2. The Bertz CT molecular complexity index is 896. The minimum absolute atomic E-state index is 0.0594. The van der Waals surface area contributed by atoms with E-state index in [2.05, 4.69) is 31.1 Å². The summed E-state index contributed by atoms with van der Waals surface area (Å²) in [4.78, 5) is 31.7. The second-order valence-corrected chi connectivity index (χ2v) is 9.15. The molecule has 0 aromatic carbocycles. The molecule has 2 amide bonds. The average molecular weight is 396 g/mol. The maximum absolute atomic E-state index is 13.1. The summed E-state index contributed by atoms with van der Waals surface area (Å²) < 4.78 is 1.69. The van der Waals surface area contributed by atoms with Gasteiger partial charge in [0, 0.05) is 36.7 Å². The summed E-state index contributed by atoms with van der Waals surface area (Å²) in [7, 11) is 0. The summed E-state index contributed by atoms with van der Waals surface area (Å²) in [6.45, 7) is 7.54. The highest BCUT2D eigenvalue weighted by Gasteiger charge is 2.37. The first-order valence-electron chi connectivity index (χ1n) is 10.4. The zero-order valence-corrected chi connectivity index (χ0v) is 17.4. The lowest BCUT2D eigenvalue weighted by Gasteiger charge is -2.32. The molecule has 0 bridgehead atoms. The molecule has 1 saturated carbocycles. The van der Waals surface area contributed by atoms with Crippen LogP contribution < -0.4 is 5.32 Å². The number of hydrogen-bond acceptors (Lipinski definition) is 4. The van der Waals surface area contributed by atoms with Gasteiger partial charge in [0.25, 0.3) is 0 Å². The Morgan fingerprint density at radius 3 is 2.59 bits per heavy atom. The fourth-order valence-electron chi connectivity index (χ4n) is 3.70. The first kappa shape index (κ1) is 19.6. The Morgan fingerprint density at radius 2 is 1.93 bits per heavy atom. The third-order valence-electron chi connectivity index (χ3n) is 5.63. The molecule has 4 rings (SSSR count). The monoisotopic (exact) mass is 395 g/mol. The molecule has 1 N–H and O–H groups in total. The molecule has 0 spiro atoms. The van der Waals surface area contributed by atoms with Gasteiger partial charge in [-0.1, -0.05) is 26.8 Å². The van der Waals surface area contributed by atoms with E-state index in [1.54, 1.807) is 10.9 Å². The molecule has 1 atom stereocenters. The lowest BCUT2D eigenvalue weighted by molar-refractivity contribution is -0.135. The van der Waals surface area contributed by atoms with Crippen LogP contribution in [-0.2, 0) is 15.0 Å². The Balaban J connectivity index is 1.54. The average Bonchev–Trinajstić information content (AvgIpc) is 3.47. The van der Waals surface area contributed by atoms with Gasteiger partial charge in [0.2, 0.25) is 11.8 Å². The zero-order valence-electron chi connectivity index (χ0n) is 17.4. The molecule has 0 radical (unpaired) electrons. The highest BCUT2D eigenvalue weighted by molar-refractivity contribution is 5.93. The lowest BCUT2D eigenvalue weighted by Crippen LogP contribution is -2.44. The fourth-order valence-corrected chi connectivity index (χ4v) is 3.70. The number of pyridine rings is 1. The van der Waals surface area contributed by atoms with Crippen LogP contribution in [0.3, 0.4) is 0 Å². The van der Waals surface area contributed by atoms with Crippen molar-refractivity contribution in [2.24, 2.45) is 11.8 Å². The molecule has 2 aromatic heterocycles. The van der Waals surface area contributed by atoms with Gasteiger partial charge >= 0.3 is 0 Å². The van der Waals surface area contributed by atoms with Gasteiger partial charge < -0.3 is 10.2 Å². The Morgan fingerprint density at radius 1 is 1.14 bits per heavy atom. The number of likely N-dealkylation sites (tertiary alicyclic amines) is 1. The maximum atomic E-state index is 13.1. The molecule has 7 heteroatoms. The quantitative estimate of drug-likeness (QED) is 0.862. The molecular formula is C22H29N5O2. The second-order valence-electron chi connectivity index (χ2n) is 9.15. The van der Waals surface area contributed by atoms with Crippen LogP contribution in [0.5, 0.6) is 0 Å². The van der Waals surface area contributed by atoms with E-state index in [0.717, 1.165) is 37.9 Å². The smallest absolute Gasteiger partial charge is 0.230 e. The lowest BCUT2D eigenvalue weighted by atomic mass is 9.92. The molecule has 1 unspecified atom stereocenters. The summed E-state index contributed by atoms with van der Waals surface area (Å²) in [5.41, 5.74) is 0.727.